The summed E-state index contributed by atoms with van der Waals surface area (Å²) in [4.78, 5) is 3.37. The van der Waals surface area contributed by atoms with E-state index in [9.17, 15) is 0 Å². The van der Waals surface area contributed by atoms with Crippen molar-refractivity contribution in [2.75, 3.05) is 33.9 Å². The molecule has 116 valence electrons. The van der Waals surface area contributed by atoms with Crippen LogP contribution in [0.1, 0.15) is 6.42 Å². The fourth-order valence-corrected chi connectivity index (χ4v) is 4.03. The van der Waals surface area contributed by atoms with Crippen LogP contribution >= 0.6 is 0 Å². The summed E-state index contributed by atoms with van der Waals surface area (Å²) in [7, 11) is 1.46. The third-order valence-electron chi connectivity index (χ3n) is 2.93. The molecule has 2 heterocycles. The van der Waals surface area contributed by atoms with E-state index in [1.807, 2.05) is 36.7 Å². The molecule has 2 aliphatic heterocycles. The molecule has 0 aliphatic carbocycles. The minimum absolute atomic E-state index is 0. The zero-order valence-electron chi connectivity index (χ0n) is 11.8. The van der Waals surface area contributed by atoms with E-state index in [1.54, 1.807) is 14.2 Å². The molecular formula is C13H29N3O2Si2. The van der Waals surface area contributed by atoms with Gasteiger partial charge in [0.1, 0.15) is 0 Å². The fourth-order valence-electron chi connectivity index (χ4n) is 1.84. The molecule has 0 aromatic carbocycles. The van der Waals surface area contributed by atoms with Gasteiger partial charge < -0.3 is 19.5 Å². The van der Waals surface area contributed by atoms with Gasteiger partial charge in [-0.3, -0.25) is 4.98 Å². The minimum atomic E-state index is -2.00. The average molecular weight is 316 g/mol. The van der Waals surface area contributed by atoms with Crippen molar-refractivity contribution < 1.29 is 8.85 Å². The van der Waals surface area contributed by atoms with E-state index in [0.717, 1.165) is 32.1 Å². The van der Waals surface area contributed by atoms with Crippen LogP contribution in [0.2, 0.25) is 6.04 Å². The second kappa shape index (κ2) is 12.1. The maximum absolute atomic E-state index is 5.44. The Morgan fingerprint density at radius 3 is 2.15 bits per heavy atom. The molecule has 0 atom stereocenters. The molecule has 2 rings (SSSR count). The van der Waals surface area contributed by atoms with E-state index in [0.29, 0.717) is 0 Å². The second-order valence-corrected chi connectivity index (χ2v) is 7.39. The predicted octanol–water partition coefficient (Wildman–Crippen LogP) is -0.477. The van der Waals surface area contributed by atoms with Gasteiger partial charge in [-0.1, -0.05) is 12.2 Å². The standard InChI is InChI=1S/C7H18N2O2Si.C6H7N.H4Si/c1-10-12(11-2)7-3-4-8-5-6-9-12;1-2-4-6-7-5-3-1;/h8-9H,3-7H2,1-2H3;1-7H;1H4. The summed E-state index contributed by atoms with van der Waals surface area (Å²) in [6, 6.07) is 1.02. The zero-order valence-corrected chi connectivity index (χ0v) is 12.8. The first-order valence-corrected chi connectivity index (χ1v) is 8.66. The summed E-state index contributed by atoms with van der Waals surface area (Å²) >= 11 is 0. The Bertz CT molecular complexity index is 295. The highest BCUT2D eigenvalue weighted by molar-refractivity contribution is 6.64. The maximum Gasteiger partial charge on any atom is 0.424 e. The van der Waals surface area contributed by atoms with E-state index in [2.05, 4.69) is 15.6 Å². The molecule has 0 saturated carbocycles. The average Bonchev–Trinajstić information content (AvgIpc) is 2.73. The number of hydrogen-bond donors (Lipinski definition) is 3. The predicted molar refractivity (Wildman–Crippen MR) is 92.0 cm³/mol. The number of nitrogens with one attached hydrogen (secondary N) is 3. The highest BCUT2D eigenvalue weighted by atomic mass is 28.4. The van der Waals surface area contributed by atoms with Crippen LogP contribution in [0.5, 0.6) is 0 Å². The van der Waals surface area contributed by atoms with Gasteiger partial charge in [0.15, 0.2) is 0 Å². The molecule has 0 unspecified atom stereocenters. The van der Waals surface area contributed by atoms with Crippen LogP contribution in [0, 0.1) is 0 Å². The molecule has 7 heteroatoms. The van der Waals surface area contributed by atoms with E-state index >= 15 is 0 Å². The Hall–Kier alpha value is -0.706. The fraction of sp³-hybridized carbons (Fsp3) is 0.538. The van der Waals surface area contributed by atoms with Crippen molar-refractivity contribution in [1.29, 1.82) is 0 Å². The van der Waals surface area contributed by atoms with Crippen LogP contribution in [-0.2, 0) is 8.85 Å². The molecule has 0 amide bonds. The highest BCUT2D eigenvalue weighted by Crippen LogP contribution is 2.10. The summed E-state index contributed by atoms with van der Waals surface area (Å²) in [6.45, 7) is 3.01. The Balaban J connectivity index is 0.000000387. The van der Waals surface area contributed by atoms with E-state index < -0.39 is 8.72 Å². The van der Waals surface area contributed by atoms with Gasteiger partial charge in [-0.05, 0) is 36.1 Å². The van der Waals surface area contributed by atoms with Gasteiger partial charge in [0.25, 0.3) is 0 Å². The van der Waals surface area contributed by atoms with Gasteiger partial charge in [-0.15, -0.1) is 0 Å². The molecule has 0 radical (unpaired) electrons. The quantitative estimate of drug-likeness (QED) is 0.601. The number of rotatable bonds is 2. The summed E-state index contributed by atoms with van der Waals surface area (Å²) < 4.78 is 10.9. The Labute approximate surface area is 127 Å². The monoisotopic (exact) mass is 315 g/mol. The van der Waals surface area contributed by atoms with Gasteiger partial charge >= 0.3 is 8.72 Å². The molecule has 1 saturated heterocycles. The summed E-state index contributed by atoms with van der Waals surface area (Å²) in [5, 5.41) is 6.25. The highest BCUT2D eigenvalue weighted by Gasteiger charge is 2.35. The smallest absolute Gasteiger partial charge is 0.386 e. The first-order chi connectivity index (χ1) is 9.33. The van der Waals surface area contributed by atoms with Crippen molar-refractivity contribution in [1.82, 2.24) is 15.6 Å². The van der Waals surface area contributed by atoms with Crippen LogP contribution < -0.4 is 15.6 Å². The number of hydrogen-bond acceptors (Lipinski definition) is 5. The summed E-state index contributed by atoms with van der Waals surface area (Å²) in [5.41, 5.74) is 0. The molecule has 1 fully saturated rings. The van der Waals surface area contributed by atoms with E-state index in [4.69, 9.17) is 8.85 Å². The van der Waals surface area contributed by atoms with Crippen LogP contribution in [-0.4, -0.2) is 53.5 Å². The van der Waals surface area contributed by atoms with Crippen LogP contribution in [0.15, 0.2) is 36.7 Å². The van der Waals surface area contributed by atoms with Crippen LogP contribution in [0.3, 0.4) is 0 Å². The molecule has 0 spiro atoms. The van der Waals surface area contributed by atoms with Gasteiger partial charge in [-0.25, -0.2) is 0 Å². The first kappa shape index (κ1) is 19.3. The Morgan fingerprint density at radius 1 is 0.900 bits per heavy atom. The molecular weight excluding hydrogens is 286 g/mol. The van der Waals surface area contributed by atoms with Gasteiger partial charge in [0.2, 0.25) is 0 Å². The lowest BCUT2D eigenvalue weighted by Crippen LogP contribution is -2.57. The van der Waals surface area contributed by atoms with E-state index in [1.165, 1.54) is 0 Å². The zero-order chi connectivity index (χ0) is 13.8. The number of allylic oxidation sites excluding steroid dienone is 4. The Kier molecular flexibility index (Phi) is 11.6. The van der Waals surface area contributed by atoms with Crippen LogP contribution in [0.25, 0.3) is 0 Å². The van der Waals surface area contributed by atoms with Gasteiger partial charge in [-0.2, -0.15) is 0 Å². The molecule has 0 aromatic rings. The molecule has 5 nitrogen and oxygen atoms in total. The van der Waals surface area contributed by atoms with Crippen LogP contribution in [0.4, 0.5) is 0 Å². The van der Waals surface area contributed by atoms with Crippen molar-refractivity contribution in [2.24, 2.45) is 0 Å². The molecule has 2 aliphatic rings. The van der Waals surface area contributed by atoms with Gasteiger partial charge in [0.05, 0.1) is 0 Å². The first-order valence-electron chi connectivity index (χ1n) is 6.63. The van der Waals surface area contributed by atoms with Crippen molar-refractivity contribution in [3.8, 4) is 0 Å². The van der Waals surface area contributed by atoms with Gasteiger partial charge in [0, 0.05) is 45.8 Å². The molecule has 0 aromatic heterocycles. The lowest BCUT2D eigenvalue weighted by Gasteiger charge is -2.29. The summed E-state index contributed by atoms with van der Waals surface area (Å²) in [6.07, 6.45) is 12.7. The lowest BCUT2D eigenvalue weighted by atomic mass is 10.4. The third-order valence-corrected chi connectivity index (χ3v) is 6.05. The van der Waals surface area contributed by atoms with Crippen molar-refractivity contribution in [3.05, 3.63) is 36.7 Å². The maximum atomic E-state index is 5.44. The normalized spacial score (nSPS) is 20.3. The largest absolute Gasteiger partial charge is 0.424 e. The SMILES string of the molecule is C1=CC=CNC=C1.CO[Si]1(OC)CCCNCCN1.[SiH4]. The van der Waals surface area contributed by atoms with Crippen molar-refractivity contribution >= 4 is 19.7 Å². The Morgan fingerprint density at radius 2 is 1.55 bits per heavy atom. The molecule has 0 bridgehead atoms. The van der Waals surface area contributed by atoms with E-state index in [-0.39, 0.29) is 11.0 Å². The summed E-state index contributed by atoms with van der Waals surface area (Å²) in [5.74, 6) is 0. The lowest BCUT2D eigenvalue weighted by molar-refractivity contribution is 0.224. The van der Waals surface area contributed by atoms with Crippen molar-refractivity contribution in [2.45, 2.75) is 12.5 Å². The topological polar surface area (TPSA) is 54.5 Å². The molecule has 3 N–H and O–H groups in total. The third kappa shape index (κ3) is 7.78. The van der Waals surface area contributed by atoms with Crippen molar-refractivity contribution in [3.63, 3.8) is 0 Å². The minimum Gasteiger partial charge on any atom is -0.386 e. The molecule has 20 heavy (non-hydrogen) atoms. The second-order valence-electron chi connectivity index (χ2n) is 4.21.